The molecule has 0 bridgehead atoms. The van der Waals surface area contributed by atoms with Crippen LogP contribution in [-0.4, -0.2) is 16.9 Å². The molecule has 0 amide bonds. The number of methoxy groups -OCH3 is 1. The van der Waals surface area contributed by atoms with Crippen molar-refractivity contribution in [3.05, 3.63) is 46.2 Å². The van der Waals surface area contributed by atoms with Gasteiger partial charge < -0.3 is 10.5 Å². The Labute approximate surface area is 109 Å². The van der Waals surface area contributed by atoms with Gasteiger partial charge in [-0.3, -0.25) is 4.68 Å². The highest BCUT2D eigenvalue weighted by molar-refractivity contribution is 9.10. The van der Waals surface area contributed by atoms with Crippen LogP contribution in [0.5, 0.6) is 5.75 Å². The van der Waals surface area contributed by atoms with E-state index in [4.69, 9.17) is 10.5 Å². The fourth-order valence-corrected chi connectivity index (χ4v) is 2.06. The number of aromatic nitrogens is 2. The zero-order valence-corrected chi connectivity index (χ0v) is 11.3. The minimum absolute atomic E-state index is 0.230. The molecule has 1 heterocycles. The highest BCUT2D eigenvalue weighted by Gasteiger charge is 2.15. The number of nitrogens with zero attached hydrogens (tertiary/aromatic N) is 2. The van der Waals surface area contributed by atoms with Gasteiger partial charge in [0, 0.05) is 28.8 Å². The SMILES string of the molecule is COc1cc(Br)ccc1C(N)c1cnn(C)c1. The van der Waals surface area contributed by atoms with Crippen LogP contribution in [-0.2, 0) is 7.05 Å². The van der Waals surface area contributed by atoms with Crippen molar-refractivity contribution in [2.75, 3.05) is 7.11 Å². The van der Waals surface area contributed by atoms with Crippen LogP contribution in [0.4, 0.5) is 0 Å². The average molecular weight is 296 g/mol. The fourth-order valence-electron chi connectivity index (χ4n) is 1.72. The monoisotopic (exact) mass is 295 g/mol. The van der Waals surface area contributed by atoms with E-state index in [-0.39, 0.29) is 6.04 Å². The Morgan fingerprint density at radius 3 is 2.82 bits per heavy atom. The first-order valence-electron chi connectivity index (χ1n) is 5.19. The van der Waals surface area contributed by atoms with Gasteiger partial charge in [0.2, 0.25) is 0 Å². The third kappa shape index (κ3) is 2.50. The summed E-state index contributed by atoms with van der Waals surface area (Å²) < 4.78 is 8.04. The van der Waals surface area contributed by atoms with Crippen LogP contribution in [0.2, 0.25) is 0 Å². The lowest BCUT2D eigenvalue weighted by Gasteiger charge is -2.14. The van der Waals surface area contributed by atoms with Crippen LogP contribution in [0, 0.1) is 0 Å². The van der Waals surface area contributed by atoms with Gasteiger partial charge in [-0.05, 0) is 12.1 Å². The number of aryl methyl sites for hydroxylation is 1. The molecule has 0 fully saturated rings. The minimum atomic E-state index is -0.230. The van der Waals surface area contributed by atoms with Crippen LogP contribution in [0.15, 0.2) is 35.1 Å². The van der Waals surface area contributed by atoms with E-state index in [1.807, 2.05) is 31.4 Å². The molecule has 0 saturated heterocycles. The molecule has 0 aliphatic rings. The predicted molar refractivity (Wildman–Crippen MR) is 69.9 cm³/mol. The second-order valence-electron chi connectivity index (χ2n) is 3.81. The van der Waals surface area contributed by atoms with Gasteiger partial charge in [-0.2, -0.15) is 5.10 Å². The maximum atomic E-state index is 6.21. The van der Waals surface area contributed by atoms with E-state index >= 15 is 0 Å². The topological polar surface area (TPSA) is 53.1 Å². The van der Waals surface area contributed by atoms with E-state index in [1.165, 1.54) is 0 Å². The van der Waals surface area contributed by atoms with Crippen molar-refractivity contribution in [3.63, 3.8) is 0 Å². The van der Waals surface area contributed by atoms with Crippen molar-refractivity contribution in [1.82, 2.24) is 9.78 Å². The van der Waals surface area contributed by atoms with Crippen molar-refractivity contribution in [2.24, 2.45) is 12.8 Å². The normalized spacial score (nSPS) is 12.5. The molecule has 5 heteroatoms. The lowest BCUT2D eigenvalue weighted by molar-refractivity contribution is 0.407. The van der Waals surface area contributed by atoms with Gasteiger partial charge in [0.1, 0.15) is 5.75 Å². The van der Waals surface area contributed by atoms with Crippen molar-refractivity contribution < 1.29 is 4.74 Å². The summed E-state index contributed by atoms with van der Waals surface area (Å²) in [6.07, 6.45) is 3.68. The predicted octanol–water partition coefficient (Wildman–Crippen LogP) is 2.24. The lowest BCUT2D eigenvalue weighted by atomic mass is 10.0. The molecule has 2 N–H and O–H groups in total. The van der Waals surface area contributed by atoms with Crippen LogP contribution in [0.25, 0.3) is 0 Å². The Morgan fingerprint density at radius 1 is 1.47 bits per heavy atom. The van der Waals surface area contributed by atoms with E-state index < -0.39 is 0 Å². The number of rotatable bonds is 3. The van der Waals surface area contributed by atoms with Gasteiger partial charge in [0.15, 0.2) is 0 Å². The summed E-state index contributed by atoms with van der Waals surface area (Å²) in [7, 11) is 3.51. The van der Waals surface area contributed by atoms with E-state index in [2.05, 4.69) is 21.0 Å². The molecule has 0 radical (unpaired) electrons. The first-order chi connectivity index (χ1) is 8.11. The molecular weight excluding hydrogens is 282 g/mol. The summed E-state index contributed by atoms with van der Waals surface area (Å²) in [6, 6.07) is 5.59. The summed E-state index contributed by atoms with van der Waals surface area (Å²) in [5.74, 6) is 0.774. The smallest absolute Gasteiger partial charge is 0.125 e. The number of ether oxygens (including phenoxy) is 1. The summed E-state index contributed by atoms with van der Waals surface area (Å²) >= 11 is 3.41. The van der Waals surface area contributed by atoms with Crippen LogP contribution in [0.1, 0.15) is 17.2 Å². The lowest BCUT2D eigenvalue weighted by Crippen LogP contribution is -2.12. The Kier molecular flexibility index (Phi) is 3.49. The molecular formula is C12H14BrN3O. The Hall–Kier alpha value is -1.33. The Morgan fingerprint density at radius 2 is 2.24 bits per heavy atom. The van der Waals surface area contributed by atoms with E-state index in [0.29, 0.717) is 0 Å². The largest absolute Gasteiger partial charge is 0.496 e. The zero-order chi connectivity index (χ0) is 12.4. The molecule has 2 rings (SSSR count). The minimum Gasteiger partial charge on any atom is -0.496 e. The van der Waals surface area contributed by atoms with E-state index in [0.717, 1.165) is 21.3 Å². The molecule has 0 aliphatic heterocycles. The maximum absolute atomic E-state index is 6.21. The summed E-state index contributed by atoms with van der Waals surface area (Å²) in [6.45, 7) is 0. The second-order valence-corrected chi connectivity index (χ2v) is 4.73. The van der Waals surface area contributed by atoms with Gasteiger partial charge in [0.05, 0.1) is 19.3 Å². The van der Waals surface area contributed by atoms with Gasteiger partial charge in [-0.15, -0.1) is 0 Å². The molecule has 0 spiro atoms. The standard InChI is InChI=1S/C12H14BrN3O/c1-16-7-8(6-15-16)12(14)10-4-3-9(13)5-11(10)17-2/h3-7,12H,14H2,1-2H3. The molecule has 90 valence electrons. The third-order valence-corrected chi connectivity index (χ3v) is 3.11. The molecule has 1 unspecified atom stereocenters. The molecule has 1 aromatic carbocycles. The second kappa shape index (κ2) is 4.89. The van der Waals surface area contributed by atoms with Crippen molar-refractivity contribution in [3.8, 4) is 5.75 Å². The number of hydrogen-bond donors (Lipinski definition) is 1. The Balaban J connectivity index is 2.39. The highest BCUT2D eigenvalue weighted by atomic mass is 79.9. The molecule has 4 nitrogen and oxygen atoms in total. The van der Waals surface area contributed by atoms with Crippen LogP contribution in [0.3, 0.4) is 0 Å². The summed E-state index contributed by atoms with van der Waals surface area (Å²) in [5.41, 5.74) is 8.12. The van der Waals surface area contributed by atoms with Gasteiger partial charge in [0.25, 0.3) is 0 Å². The number of halogens is 1. The van der Waals surface area contributed by atoms with Crippen molar-refractivity contribution in [1.29, 1.82) is 0 Å². The van der Waals surface area contributed by atoms with Gasteiger partial charge in [-0.1, -0.05) is 22.0 Å². The first-order valence-corrected chi connectivity index (χ1v) is 5.98. The molecule has 1 aromatic heterocycles. The van der Waals surface area contributed by atoms with Crippen molar-refractivity contribution in [2.45, 2.75) is 6.04 Å². The average Bonchev–Trinajstić information content (AvgIpc) is 2.75. The van der Waals surface area contributed by atoms with Crippen molar-refractivity contribution >= 4 is 15.9 Å². The maximum Gasteiger partial charge on any atom is 0.125 e. The summed E-state index contributed by atoms with van der Waals surface area (Å²) in [5, 5.41) is 4.12. The summed E-state index contributed by atoms with van der Waals surface area (Å²) in [4.78, 5) is 0. The number of benzene rings is 1. The zero-order valence-electron chi connectivity index (χ0n) is 9.72. The molecule has 1 atom stereocenters. The highest BCUT2D eigenvalue weighted by Crippen LogP contribution is 2.30. The molecule has 17 heavy (non-hydrogen) atoms. The molecule has 2 aromatic rings. The van der Waals surface area contributed by atoms with Crippen LogP contribution >= 0.6 is 15.9 Å². The van der Waals surface area contributed by atoms with E-state index in [9.17, 15) is 0 Å². The number of nitrogens with two attached hydrogens (primary N) is 1. The number of hydrogen-bond acceptors (Lipinski definition) is 3. The first kappa shape index (κ1) is 12.1. The van der Waals surface area contributed by atoms with Crippen LogP contribution < -0.4 is 10.5 Å². The molecule has 0 saturated carbocycles. The Bertz CT molecular complexity index is 524. The van der Waals surface area contributed by atoms with Gasteiger partial charge >= 0.3 is 0 Å². The molecule has 0 aliphatic carbocycles. The van der Waals surface area contributed by atoms with E-state index in [1.54, 1.807) is 18.0 Å². The van der Waals surface area contributed by atoms with Gasteiger partial charge in [-0.25, -0.2) is 0 Å². The fraction of sp³-hybridized carbons (Fsp3) is 0.250. The quantitative estimate of drug-likeness (QED) is 0.945. The third-order valence-electron chi connectivity index (χ3n) is 2.61.